The first kappa shape index (κ1) is 15.8. The molecule has 0 radical (unpaired) electrons. The zero-order valence-electron chi connectivity index (χ0n) is 12.4. The Hall–Kier alpha value is -1.26. The van der Waals surface area contributed by atoms with Crippen LogP contribution >= 0.6 is 0 Å². The van der Waals surface area contributed by atoms with Crippen LogP contribution < -0.4 is 9.47 Å². The van der Waals surface area contributed by atoms with Crippen molar-refractivity contribution < 1.29 is 19.3 Å². The van der Waals surface area contributed by atoms with E-state index >= 15 is 0 Å². The normalized spacial score (nSPS) is 13.2. The molecule has 0 saturated heterocycles. The van der Waals surface area contributed by atoms with Gasteiger partial charge in [-0.25, -0.2) is 0 Å². The molecule has 0 unspecified atom stereocenters. The minimum absolute atomic E-state index is 0.218. The SMILES string of the molecule is COc1ccc([C@@H](C)O)c(OCCC(C)(C)OC)c1. The minimum Gasteiger partial charge on any atom is -0.497 e. The van der Waals surface area contributed by atoms with Gasteiger partial charge in [-0.15, -0.1) is 0 Å². The molecule has 1 aromatic rings. The fourth-order valence-corrected chi connectivity index (χ4v) is 1.62. The van der Waals surface area contributed by atoms with Gasteiger partial charge in [-0.2, -0.15) is 0 Å². The molecule has 4 nitrogen and oxygen atoms in total. The molecule has 0 aliphatic rings. The molecule has 1 aromatic carbocycles. The average Bonchev–Trinajstić information content (AvgIpc) is 2.38. The van der Waals surface area contributed by atoms with Crippen molar-refractivity contribution in [3.63, 3.8) is 0 Å². The third-order valence-electron chi connectivity index (χ3n) is 3.19. The summed E-state index contributed by atoms with van der Waals surface area (Å²) in [6, 6.07) is 5.43. The highest BCUT2D eigenvalue weighted by Crippen LogP contribution is 2.30. The van der Waals surface area contributed by atoms with E-state index in [4.69, 9.17) is 14.2 Å². The molecule has 1 N–H and O–H groups in total. The molecule has 0 aliphatic heterocycles. The summed E-state index contributed by atoms with van der Waals surface area (Å²) in [5.74, 6) is 1.37. The summed E-state index contributed by atoms with van der Waals surface area (Å²) in [4.78, 5) is 0. The molecule has 4 heteroatoms. The molecule has 1 rings (SSSR count). The summed E-state index contributed by atoms with van der Waals surface area (Å²) in [6.45, 7) is 6.26. The monoisotopic (exact) mass is 268 g/mol. The predicted octanol–water partition coefficient (Wildman–Crippen LogP) is 2.94. The maximum atomic E-state index is 9.73. The molecule has 19 heavy (non-hydrogen) atoms. The van der Waals surface area contributed by atoms with Gasteiger partial charge in [0.15, 0.2) is 0 Å². The Morgan fingerprint density at radius 3 is 2.47 bits per heavy atom. The number of methoxy groups -OCH3 is 2. The molecule has 1 atom stereocenters. The van der Waals surface area contributed by atoms with Gasteiger partial charge in [-0.1, -0.05) is 0 Å². The van der Waals surface area contributed by atoms with Crippen LogP contribution in [-0.2, 0) is 4.74 Å². The summed E-state index contributed by atoms with van der Waals surface area (Å²) in [7, 11) is 3.29. The lowest BCUT2D eigenvalue weighted by atomic mass is 10.1. The van der Waals surface area contributed by atoms with Crippen molar-refractivity contribution in [2.75, 3.05) is 20.8 Å². The molecule has 0 bridgehead atoms. The van der Waals surface area contributed by atoms with Crippen LogP contribution in [0, 0.1) is 0 Å². The third-order valence-corrected chi connectivity index (χ3v) is 3.19. The zero-order valence-corrected chi connectivity index (χ0v) is 12.4. The second-order valence-corrected chi connectivity index (χ2v) is 5.14. The second kappa shape index (κ2) is 6.78. The zero-order chi connectivity index (χ0) is 14.5. The Bertz CT molecular complexity index is 399. The molecule has 0 fully saturated rings. The Morgan fingerprint density at radius 1 is 1.26 bits per heavy atom. The van der Waals surface area contributed by atoms with Gasteiger partial charge in [0.1, 0.15) is 11.5 Å². The summed E-state index contributed by atoms with van der Waals surface area (Å²) >= 11 is 0. The van der Waals surface area contributed by atoms with E-state index in [2.05, 4.69) is 0 Å². The van der Waals surface area contributed by atoms with Crippen LogP contribution in [0.25, 0.3) is 0 Å². The van der Waals surface area contributed by atoms with Crippen molar-refractivity contribution in [2.24, 2.45) is 0 Å². The van der Waals surface area contributed by atoms with E-state index in [1.807, 2.05) is 26.0 Å². The lowest BCUT2D eigenvalue weighted by Gasteiger charge is -2.23. The van der Waals surface area contributed by atoms with Gasteiger partial charge in [0, 0.05) is 25.2 Å². The Balaban J connectivity index is 2.75. The van der Waals surface area contributed by atoms with Crippen molar-refractivity contribution in [1.82, 2.24) is 0 Å². The lowest BCUT2D eigenvalue weighted by molar-refractivity contribution is 0.00521. The van der Waals surface area contributed by atoms with Crippen LogP contribution in [0.5, 0.6) is 11.5 Å². The highest BCUT2D eigenvalue weighted by molar-refractivity contribution is 5.41. The number of hydrogen-bond acceptors (Lipinski definition) is 4. The van der Waals surface area contributed by atoms with Crippen molar-refractivity contribution in [2.45, 2.75) is 38.9 Å². The summed E-state index contributed by atoms with van der Waals surface area (Å²) in [5.41, 5.74) is 0.542. The van der Waals surface area contributed by atoms with E-state index < -0.39 is 6.10 Å². The van der Waals surface area contributed by atoms with Gasteiger partial charge in [0.2, 0.25) is 0 Å². The van der Waals surface area contributed by atoms with Crippen LogP contribution in [-0.4, -0.2) is 31.5 Å². The Labute approximate surface area is 115 Å². The molecule has 0 amide bonds. The molecule has 0 aliphatic carbocycles. The maximum Gasteiger partial charge on any atom is 0.128 e. The van der Waals surface area contributed by atoms with Crippen molar-refractivity contribution in [3.05, 3.63) is 23.8 Å². The van der Waals surface area contributed by atoms with Crippen LogP contribution in [0.3, 0.4) is 0 Å². The predicted molar refractivity (Wildman–Crippen MR) is 74.8 cm³/mol. The number of aliphatic hydroxyl groups is 1. The highest BCUT2D eigenvalue weighted by Gasteiger charge is 2.17. The van der Waals surface area contributed by atoms with Crippen LogP contribution in [0.2, 0.25) is 0 Å². The van der Waals surface area contributed by atoms with Crippen LogP contribution in [0.4, 0.5) is 0 Å². The smallest absolute Gasteiger partial charge is 0.128 e. The number of ether oxygens (including phenoxy) is 3. The van der Waals surface area contributed by atoms with E-state index in [0.717, 1.165) is 12.0 Å². The number of hydrogen-bond donors (Lipinski definition) is 1. The number of rotatable bonds is 7. The lowest BCUT2D eigenvalue weighted by Crippen LogP contribution is -2.25. The van der Waals surface area contributed by atoms with Crippen molar-refractivity contribution in [1.29, 1.82) is 0 Å². The number of benzene rings is 1. The second-order valence-electron chi connectivity index (χ2n) is 5.14. The Morgan fingerprint density at radius 2 is 1.95 bits per heavy atom. The summed E-state index contributed by atoms with van der Waals surface area (Å²) in [5, 5.41) is 9.73. The first-order valence-corrected chi connectivity index (χ1v) is 6.43. The molecule has 0 heterocycles. The first-order chi connectivity index (χ1) is 8.89. The molecular weight excluding hydrogens is 244 g/mol. The van der Waals surface area contributed by atoms with E-state index in [0.29, 0.717) is 18.1 Å². The fourth-order valence-electron chi connectivity index (χ4n) is 1.62. The molecular formula is C15H24O4. The molecule has 0 aromatic heterocycles. The first-order valence-electron chi connectivity index (χ1n) is 6.43. The highest BCUT2D eigenvalue weighted by atomic mass is 16.5. The van der Waals surface area contributed by atoms with Gasteiger partial charge in [-0.3, -0.25) is 0 Å². The van der Waals surface area contributed by atoms with Gasteiger partial charge in [-0.05, 0) is 32.9 Å². The molecule has 0 spiro atoms. The van der Waals surface area contributed by atoms with Crippen molar-refractivity contribution in [3.8, 4) is 11.5 Å². The van der Waals surface area contributed by atoms with Gasteiger partial charge >= 0.3 is 0 Å². The fraction of sp³-hybridized carbons (Fsp3) is 0.600. The summed E-state index contributed by atoms with van der Waals surface area (Å²) < 4.78 is 16.3. The average molecular weight is 268 g/mol. The third kappa shape index (κ3) is 4.73. The van der Waals surface area contributed by atoms with E-state index in [9.17, 15) is 5.11 Å². The topological polar surface area (TPSA) is 47.9 Å². The molecule has 108 valence electrons. The largest absolute Gasteiger partial charge is 0.497 e. The van der Waals surface area contributed by atoms with Gasteiger partial charge < -0.3 is 19.3 Å². The quantitative estimate of drug-likeness (QED) is 0.826. The minimum atomic E-state index is -0.573. The van der Waals surface area contributed by atoms with E-state index in [1.165, 1.54) is 0 Å². The van der Waals surface area contributed by atoms with E-state index in [-0.39, 0.29) is 5.60 Å². The number of aliphatic hydroxyl groups excluding tert-OH is 1. The Kier molecular flexibility index (Phi) is 5.63. The van der Waals surface area contributed by atoms with Crippen molar-refractivity contribution >= 4 is 0 Å². The van der Waals surface area contributed by atoms with Crippen LogP contribution in [0.1, 0.15) is 38.9 Å². The van der Waals surface area contributed by atoms with E-state index in [1.54, 1.807) is 27.2 Å². The van der Waals surface area contributed by atoms with Crippen LogP contribution in [0.15, 0.2) is 18.2 Å². The maximum absolute atomic E-state index is 9.73. The van der Waals surface area contributed by atoms with Gasteiger partial charge in [0.25, 0.3) is 0 Å². The van der Waals surface area contributed by atoms with Gasteiger partial charge in [0.05, 0.1) is 25.4 Å². The summed E-state index contributed by atoms with van der Waals surface area (Å²) in [6.07, 6.45) is 0.191. The standard InChI is InChI=1S/C15H24O4/c1-11(16)13-7-6-12(17-4)10-14(13)19-9-8-15(2,3)18-5/h6-7,10-11,16H,8-9H2,1-5H3/t11-/m1/s1. The molecule has 0 saturated carbocycles.